The number of hydrogen-bond acceptors (Lipinski definition) is 5. The van der Waals surface area contributed by atoms with Gasteiger partial charge in [-0.1, -0.05) is 20.3 Å². The number of carbonyl (C=O) groups is 2. The van der Waals surface area contributed by atoms with Gasteiger partial charge in [0.25, 0.3) is 5.91 Å². The molecule has 1 heterocycles. The number of benzene rings is 1. The summed E-state index contributed by atoms with van der Waals surface area (Å²) in [7, 11) is 0. The number of carboxylic acid groups (broad SMARTS) is 1. The Morgan fingerprint density at radius 2 is 2.00 bits per heavy atom. The van der Waals surface area contributed by atoms with Gasteiger partial charge in [0.2, 0.25) is 0 Å². The lowest BCUT2D eigenvalue weighted by Gasteiger charge is -2.20. The molecule has 0 aliphatic heterocycles. The molecule has 0 spiro atoms. The van der Waals surface area contributed by atoms with Crippen molar-refractivity contribution in [2.24, 2.45) is 5.92 Å². The lowest BCUT2D eigenvalue weighted by Crippen LogP contribution is -2.46. The Kier molecular flexibility index (Phi) is 5.72. The van der Waals surface area contributed by atoms with Gasteiger partial charge < -0.3 is 19.6 Å². The van der Waals surface area contributed by atoms with Crippen LogP contribution in [0.3, 0.4) is 0 Å². The van der Waals surface area contributed by atoms with Crippen LogP contribution in [0, 0.1) is 12.8 Å². The van der Waals surface area contributed by atoms with E-state index in [2.05, 4.69) is 5.32 Å². The smallest absolute Gasteiger partial charge is 0.339 e. The number of aliphatic carboxylic acids is 1. The van der Waals surface area contributed by atoms with Gasteiger partial charge in [0.1, 0.15) is 17.4 Å². The van der Waals surface area contributed by atoms with E-state index in [1.165, 1.54) is 0 Å². The zero-order chi connectivity index (χ0) is 20.4. The summed E-state index contributed by atoms with van der Waals surface area (Å²) in [5.41, 5.74) is 2.61. The van der Waals surface area contributed by atoms with E-state index in [4.69, 9.17) is 9.15 Å². The lowest BCUT2D eigenvalue weighted by atomic mass is 9.99. The Labute approximate surface area is 162 Å². The van der Waals surface area contributed by atoms with Crippen molar-refractivity contribution in [2.75, 3.05) is 6.61 Å². The Hall–Kier alpha value is -2.83. The fraction of sp³-hybridized carbons (Fsp3) is 0.476. The molecule has 1 aromatic heterocycles. The summed E-state index contributed by atoms with van der Waals surface area (Å²) in [4.78, 5) is 35.7. The lowest BCUT2D eigenvalue weighted by molar-refractivity contribution is -0.143. The molecule has 0 unspecified atom stereocenters. The molecule has 0 saturated carbocycles. The highest BCUT2D eigenvalue weighted by Gasteiger charge is 2.26. The molecule has 0 fully saturated rings. The van der Waals surface area contributed by atoms with E-state index < -0.39 is 17.9 Å². The van der Waals surface area contributed by atoms with E-state index in [1.54, 1.807) is 19.9 Å². The van der Waals surface area contributed by atoms with E-state index in [9.17, 15) is 19.5 Å². The molecule has 150 valence electrons. The van der Waals surface area contributed by atoms with Crippen molar-refractivity contribution >= 4 is 22.8 Å². The molecule has 1 amide bonds. The van der Waals surface area contributed by atoms with Crippen LogP contribution in [0.25, 0.3) is 11.0 Å². The summed E-state index contributed by atoms with van der Waals surface area (Å²) >= 11 is 0. The van der Waals surface area contributed by atoms with Gasteiger partial charge in [-0.25, -0.2) is 9.59 Å². The third kappa shape index (κ3) is 3.74. The normalized spacial score (nSPS) is 15.1. The Bertz CT molecular complexity index is 977. The maximum atomic E-state index is 12.2. The number of fused-ring (bicyclic) bond motifs is 3. The third-order valence-corrected chi connectivity index (χ3v) is 5.49. The number of amides is 1. The third-order valence-electron chi connectivity index (χ3n) is 5.49. The topological polar surface area (TPSA) is 106 Å². The number of rotatable bonds is 7. The molecule has 1 aliphatic rings. The molecule has 3 rings (SSSR count). The van der Waals surface area contributed by atoms with Crippen LogP contribution in [0.15, 0.2) is 21.3 Å². The number of ether oxygens (including phenoxy) is 1. The van der Waals surface area contributed by atoms with Crippen molar-refractivity contribution < 1.29 is 23.8 Å². The van der Waals surface area contributed by atoms with Crippen molar-refractivity contribution in [3.63, 3.8) is 0 Å². The number of hydrogen-bond donors (Lipinski definition) is 2. The zero-order valence-electron chi connectivity index (χ0n) is 16.3. The van der Waals surface area contributed by atoms with E-state index in [0.717, 1.165) is 35.8 Å². The largest absolute Gasteiger partial charge is 0.483 e. The quantitative estimate of drug-likeness (QED) is 0.708. The summed E-state index contributed by atoms with van der Waals surface area (Å²) in [5, 5.41) is 12.7. The SMILES string of the molecule is CC[C@H](C)[C@H](NC(=O)COc1ccc2c3c(c(=O)oc2c1C)CCC3)C(=O)O. The predicted octanol–water partition coefficient (Wildman–Crippen LogP) is 2.58. The van der Waals surface area contributed by atoms with Gasteiger partial charge in [0.15, 0.2) is 6.61 Å². The van der Waals surface area contributed by atoms with Gasteiger partial charge in [0, 0.05) is 16.5 Å². The van der Waals surface area contributed by atoms with Crippen molar-refractivity contribution in [2.45, 2.75) is 52.5 Å². The summed E-state index contributed by atoms with van der Waals surface area (Å²) in [6, 6.07) is 2.65. The molecule has 2 N–H and O–H groups in total. The first-order valence-electron chi connectivity index (χ1n) is 9.56. The van der Waals surface area contributed by atoms with Gasteiger partial charge in [0.05, 0.1) is 0 Å². The number of nitrogens with one attached hydrogen (secondary N) is 1. The predicted molar refractivity (Wildman–Crippen MR) is 104 cm³/mol. The fourth-order valence-corrected chi connectivity index (χ4v) is 3.66. The molecular weight excluding hydrogens is 362 g/mol. The fourth-order valence-electron chi connectivity index (χ4n) is 3.66. The highest BCUT2D eigenvalue weighted by atomic mass is 16.5. The van der Waals surface area contributed by atoms with E-state index in [-0.39, 0.29) is 18.2 Å². The second-order valence-corrected chi connectivity index (χ2v) is 7.32. The van der Waals surface area contributed by atoms with Crippen LogP contribution in [0.2, 0.25) is 0 Å². The van der Waals surface area contributed by atoms with Crippen LogP contribution in [-0.2, 0) is 22.4 Å². The van der Waals surface area contributed by atoms with Gasteiger partial charge in [-0.3, -0.25) is 4.79 Å². The molecule has 2 atom stereocenters. The maximum Gasteiger partial charge on any atom is 0.339 e. The molecule has 1 aromatic carbocycles. The summed E-state index contributed by atoms with van der Waals surface area (Å²) in [6.45, 7) is 5.10. The van der Waals surface area contributed by atoms with E-state index in [1.807, 2.05) is 13.0 Å². The van der Waals surface area contributed by atoms with Crippen LogP contribution in [-0.4, -0.2) is 29.6 Å². The Morgan fingerprint density at radius 1 is 1.29 bits per heavy atom. The molecule has 28 heavy (non-hydrogen) atoms. The molecule has 1 aliphatic carbocycles. The summed E-state index contributed by atoms with van der Waals surface area (Å²) in [5.74, 6) is -1.35. The Morgan fingerprint density at radius 3 is 2.68 bits per heavy atom. The van der Waals surface area contributed by atoms with Crippen LogP contribution >= 0.6 is 0 Å². The average molecular weight is 387 g/mol. The summed E-state index contributed by atoms with van der Waals surface area (Å²) in [6.07, 6.45) is 3.17. The van der Waals surface area contributed by atoms with Crippen LogP contribution in [0.4, 0.5) is 0 Å². The van der Waals surface area contributed by atoms with Crippen LogP contribution in [0.1, 0.15) is 43.4 Å². The van der Waals surface area contributed by atoms with Gasteiger partial charge in [-0.2, -0.15) is 0 Å². The first-order chi connectivity index (χ1) is 13.3. The molecule has 0 bridgehead atoms. The van der Waals surface area contributed by atoms with Crippen LogP contribution in [0.5, 0.6) is 5.75 Å². The summed E-state index contributed by atoms with van der Waals surface area (Å²) < 4.78 is 11.1. The van der Waals surface area contributed by atoms with E-state index in [0.29, 0.717) is 23.3 Å². The molecular formula is C21H25NO6. The van der Waals surface area contributed by atoms with Gasteiger partial charge >= 0.3 is 11.6 Å². The minimum Gasteiger partial charge on any atom is -0.483 e. The highest BCUT2D eigenvalue weighted by molar-refractivity contribution is 5.87. The molecule has 7 heteroatoms. The minimum atomic E-state index is -1.07. The number of carboxylic acids is 1. The molecule has 7 nitrogen and oxygen atoms in total. The van der Waals surface area contributed by atoms with Crippen molar-refractivity contribution in [3.8, 4) is 5.75 Å². The molecule has 2 aromatic rings. The second-order valence-electron chi connectivity index (χ2n) is 7.32. The van der Waals surface area contributed by atoms with E-state index >= 15 is 0 Å². The Balaban J connectivity index is 1.77. The molecule has 0 radical (unpaired) electrons. The second kappa shape index (κ2) is 8.04. The highest BCUT2D eigenvalue weighted by Crippen LogP contribution is 2.32. The monoisotopic (exact) mass is 387 g/mol. The number of aryl methyl sites for hydroxylation is 2. The van der Waals surface area contributed by atoms with Crippen molar-refractivity contribution in [1.29, 1.82) is 0 Å². The minimum absolute atomic E-state index is 0.194. The average Bonchev–Trinajstić information content (AvgIpc) is 3.16. The van der Waals surface area contributed by atoms with Gasteiger partial charge in [-0.15, -0.1) is 0 Å². The zero-order valence-corrected chi connectivity index (χ0v) is 16.3. The van der Waals surface area contributed by atoms with Crippen LogP contribution < -0.4 is 15.7 Å². The first-order valence-corrected chi connectivity index (χ1v) is 9.56. The van der Waals surface area contributed by atoms with Crippen molar-refractivity contribution in [3.05, 3.63) is 39.2 Å². The first kappa shape index (κ1) is 19.9. The standard InChI is InChI=1S/C21H25NO6/c1-4-11(2)18(20(24)25)22-17(23)10-27-16-9-8-14-13-6-5-7-15(13)21(26)28-19(14)12(16)3/h8-9,11,18H,4-7,10H2,1-3H3,(H,22,23)(H,24,25)/t11-,18-/m0/s1. The maximum absolute atomic E-state index is 12.2. The number of carbonyl (C=O) groups excluding carboxylic acids is 1. The van der Waals surface area contributed by atoms with Crippen molar-refractivity contribution in [1.82, 2.24) is 5.32 Å². The van der Waals surface area contributed by atoms with Gasteiger partial charge in [-0.05, 0) is 49.8 Å². The molecule has 0 saturated heterocycles.